The van der Waals surface area contributed by atoms with Crippen LogP contribution in [0.1, 0.15) is 22.3 Å². The van der Waals surface area contributed by atoms with E-state index >= 15 is 0 Å². The molecule has 1 spiro atoms. The zero-order chi connectivity index (χ0) is 43.7. The molecule has 0 atom stereocenters. The van der Waals surface area contributed by atoms with E-state index in [-0.39, 0.29) is 0 Å². The maximum absolute atomic E-state index is 6.91. The molecule has 0 radical (unpaired) electrons. The first kappa shape index (κ1) is 38.2. The molecule has 0 saturated carbocycles. The van der Waals surface area contributed by atoms with Crippen LogP contribution < -0.4 is 30.4 Å². The highest BCUT2D eigenvalue weighted by atomic mass is 28.3. The minimum atomic E-state index is -3.03. The Hall–Kier alpha value is -8.24. The van der Waals surface area contributed by atoms with Crippen LogP contribution in [0, 0.1) is 0 Å². The third-order valence-electron chi connectivity index (χ3n) is 14.2. The van der Waals surface area contributed by atoms with Gasteiger partial charge >= 0.3 is 0 Å². The molecule has 3 heteroatoms. The topological polar surface area (TPSA) is 12.5 Å². The van der Waals surface area contributed by atoms with E-state index in [1.807, 2.05) is 0 Å². The van der Waals surface area contributed by atoms with Crippen molar-refractivity contribution >= 4 is 67.4 Å². The Balaban J connectivity index is 1.18. The summed E-state index contributed by atoms with van der Waals surface area (Å²) in [4.78, 5) is 2.50. The van der Waals surface area contributed by atoms with Crippen LogP contribution in [0.3, 0.4) is 0 Å². The summed E-state index contributed by atoms with van der Waals surface area (Å²) < 4.78 is 6.91. The van der Waals surface area contributed by atoms with Crippen molar-refractivity contribution in [1.82, 2.24) is 0 Å². The van der Waals surface area contributed by atoms with Crippen LogP contribution in [-0.2, 0) is 5.41 Å². The number of benzene rings is 11. The molecule has 2 aliphatic heterocycles. The summed E-state index contributed by atoms with van der Waals surface area (Å²) >= 11 is 0. The number of nitrogens with zero attached hydrogens (tertiary/aromatic N) is 1. The molecule has 0 unspecified atom stereocenters. The van der Waals surface area contributed by atoms with E-state index in [4.69, 9.17) is 4.74 Å². The van der Waals surface area contributed by atoms with E-state index in [0.717, 1.165) is 39.7 Å². The van der Waals surface area contributed by atoms with Gasteiger partial charge in [0, 0.05) is 27.9 Å². The van der Waals surface area contributed by atoms with Crippen molar-refractivity contribution in [2.45, 2.75) is 5.41 Å². The van der Waals surface area contributed by atoms with Gasteiger partial charge in [0.1, 0.15) is 11.5 Å². The fraction of sp³-hybridized carbons (Fsp3) is 0.0159. The van der Waals surface area contributed by atoms with E-state index in [9.17, 15) is 0 Å². The molecule has 2 nitrogen and oxygen atoms in total. The summed E-state index contributed by atoms with van der Waals surface area (Å²) in [5.74, 6) is 1.76. The Kier molecular flexibility index (Phi) is 8.80. The van der Waals surface area contributed by atoms with Gasteiger partial charge in [-0.25, -0.2) is 0 Å². The molecule has 310 valence electrons. The lowest BCUT2D eigenvalue weighted by Crippen LogP contribution is -2.79. The highest BCUT2D eigenvalue weighted by Crippen LogP contribution is 2.57. The van der Waals surface area contributed by atoms with Crippen LogP contribution >= 0.6 is 0 Å². The second-order valence-corrected chi connectivity index (χ2v) is 21.2. The fourth-order valence-corrected chi connectivity index (χ4v) is 16.8. The fourth-order valence-electron chi connectivity index (χ4n) is 11.6. The van der Waals surface area contributed by atoms with Crippen LogP contribution in [-0.4, -0.2) is 8.07 Å². The van der Waals surface area contributed by atoms with Crippen LogP contribution in [0.2, 0.25) is 0 Å². The first-order valence-corrected chi connectivity index (χ1v) is 24.8. The van der Waals surface area contributed by atoms with E-state index < -0.39 is 13.5 Å². The Morgan fingerprint density at radius 2 is 0.818 bits per heavy atom. The van der Waals surface area contributed by atoms with Gasteiger partial charge in [-0.3, -0.25) is 0 Å². The van der Waals surface area contributed by atoms with Crippen molar-refractivity contribution in [3.8, 4) is 22.6 Å². The van der Waals surface area contributed by atoms with E-state index in [1.54, 1.807) is 0 Å². The molecule has 66 heavy (non-hydrogen) atoms. The van der Waals surface area contributed by atoms with Crippen molar-refractivity contribution in [2.24, 2.45) is 0 Å². The predicted octanol–water partition coefficient (Wildman–Crippen LogP) is 13.3. The van der Waals surface area contributed by atoms with Gasteiger partial charge in [-0.1, -0.05) is 218 Å². The highest BCUT2D eigenvalue weighted by molar-refractivity contribution is 7.20. The second-order valence-electron chi connectivity index (χ2n) is 17.5. The molecule has 0 aromatic heterocycles. The van der Waals surface area contributed by atoms with E-state index in [0.29, 0.717) is 0 Å². The van der Waals surface area contributed by atoms with Crippen molar-refractivity contribution < 1.29 is 4.74 Å². The lowest BCUT2D eigenvalue weighted by atomic mass is 9.63. The Labute approximate surface area is 386 Å². The smallest absolute Gasteiger partial charge is 0.180 e. The highest BCUT2D eigenvalue weighted by Gasteiger charge is 2.57. The van der Waals surface area contributed by atoms with E-state index in [2.05, 4.69) is 266 Å². The lowest BCUT2D eigenvalue weighted by Gasteiger charge is -2.51. The third kappa shape index (κ3) is 5.54. The molecule has 13 rings (SSSR count). The lowest BCUT2D eigenvalue weighted by molar-refractivity contribution is 0.435. The van der Waals surface area contributed by atoms with Gasteiger partial charge in [-0.15, -0.1) is 0 Å². The Bertz CT molecular complexity index is 3540. The molecular formula is C63H43NOSi. The average Bonchev–Trinajstić information content (AvgIpc) is 3.40. The summed E-state index contributed by atoms with van der Waals surface area (Å²) in [6.07, 6.45) is 0. The summed E-state index contributed by atoms with van der Waals surface area (Å²) in [5.41, 5.74) is 9.83. The number of ether oxygens (including phenoxy) is 1. The molecule has 2 aliphatic rings. The quantitative estimate of drug-likeness (QED) is 0.122. The number of anilines is 3. The van der Waals surface area contributed by atoms with Gasteiger partial charge in [0.05, 0.1) is 11.1 Å². The number of para-hydroxylation sites is 2. The normalized spacial score (nSPS) is 13.8. The van der Waals surface area contributed by atoms with Crippen LogP contribution in [0.5, 0.6) is 11.5 Å². The van der Waals surface area contributed by atoms with Crippen LogP contribution in [0.25, 0.3) is 32.7 Å². The number of rotatable bonds is 6. The maximum Gasteiger partial charge on any atom is 0.180 e. The first-order chi connectivity index (χ1) is 32.7. The molecule has 0 bridgehead atoms. The summed E-state index contributed by atoms with van der Waals surface area (Å²) in [7, 11) is -3.03. The standard InChI is InChI=1S/C63H43NOSi/c1-4-20-44(21-5-1)45-36-38-47(39-37-45)64(58-42-46-22-10-11-27-51(46)52-28-12-13-29-53(52)58)48-40-41-62-57(43-48)63(54-30-14-17-33-59(54)65-60-34-18-15-31-55(60)63)56-32-16-19-35-61(56)66(62,49-23-6-2-7-24-49)50-25-8-3-9-26-50/h1-43H. The van der Waals surface area contributed by atoms with Crippen molar-refractivity contribution in [3.63, 3.8) is 0 Å². The third-order valence-corrected chi connectivity index (χ3v) is 19.1. The van der Waals surface area contributed by atoms with Gasteiger partial charge < -0.3 is 9.64 Å². The van der Waals surface area contributed by atoms with Crippen molar-refractivity contribution in [3.05, 3.63) is 283 Å². The number of fused-ring (bicyclic) bond motifs is 11. The van der Waals surface area contributed by atoms with Crippen molar-refractivity contribution in [2.75, 3.05) is 4.90 Å². The molecule has 0 aliphatic carbocycles. The second kappa shape index (κ2) is 15.2. The van der Waals surface area contributed by atoms with Crippen LogP contribution in [0.4, 0.5) is 17.1 Å². The van der Waals surface area contributed by atoms with E-state index in [1.165, 1.54) is 64.5 Å². The maximum atomic E-state index is 6.91. The van der Waals surface area contributed by atoms with Gasteiger partial charge in [0.25, 0.3) is 0 Å². The number of hydrogen-bond donors (Lipinski definition) is 0. The Morgan fingerprint density at radius 1 is 0.333 bits per heavy atom. The Morgan fingerprint density at radius 3 is 1.48 bits per heavy atom. The summed E-state index contributed by atoms with van der Waals surface area (Å²) in [6.45, 7) is 0. The molecule has 0 amide bonds. The monoisotopic (exact) mass is 857 g/mol. The minimum absolute atomic E-state index is 0.721. The minimum Gasteiger partial charge on any atom is -0.457 e. The molecule has 0 fully saturated rings. The van der Waals surface area contributed by atoms with Crippen LogP contribution in [0.15, 0.2) is 261 Å². The first-order valence-electron chi connectivity index (χ1n) is 22.8. The molecule has 11 aromatic carbocycles. The molecule has 2 heterocycles. The zero-order valence-corrected chi connectivity index (χ0v) is 37.2. The van der Waals surface area contributed by atoms with Gasteiger partial charge in [-0.05, 0) is 102 Å². The molecule has 0 saturated heterocycles. The zero-order valence-electron chi connectivity index (χ0n) is 36.2. The SMILES string of the molecule is c1ccc(-c2ccc(N(c3ccc4c(c3)C3(c5ccccc5Oc5ccccc53)c3ccccc3[Si]4(c3ccccc3)c3ccccc3)c3cc4ccccc4c4ccccc34)cc2)cc1. The number of hydrogen-bond acceptors (Lipinski definition) is 2. The summed E-state index contributed by atoms with van der Waals surface area (Å²) in [6, 6.07) is 96.8. The summed E-state index contributed by atoms with van der Waals surface area (Å²) in [5, 5.41) is 10.3. The van der Waals surface area contributed by atoms with Crippen molar-refractivity contribution in [1.29, 1.82) is 0 Å². The molecule has 0 N–H and O–H groups in total. The van der Waals surface area contributed by atoms with Gasteiger partial charge in [0.2, 0.25) is 0 Å². The predicted molar refractivity (Wildman–Crippen MR) is 277 cm³/mol. The average molecular weight is 858 g/mol. The molecular weight excluding hydrogens is 815 g/mol. The van der Waals surface area contributed by atoms with Gasteiger partial charge in [-0.2, -0.15) is 0 Å². The largest absolute Gasteiger partial charge is 0.457 e. The molecule has 11 aromatic rings. The van der Waals surface area contributed by atoms with Gasteiger partial charge in [0.15, 0.2) is 8.07 Å².